The van der Waals surface area contributed by atoms with E-state index in [1.807, 2.05) is 42.5 Å². The van der Waals surface area contributed by atoms with E-state index in [4.69, 9.17) is 9.73 Å². The highest BCUT2D eigenvalue weighted by atomic mass is 32.2. The molecule has 0 spiro atoms. The summed E-state index contributed by atoms with van der Waals surface area (Å²) in [5.41, 5.74) is 3.83. The third kappa shape index (κ3) is 5.47. The van der Waals surface area contributed by atoms with E-state index in [-0.39, 0.29) is 18.0 Å². The van der Waals surface area contributed by atoms with Crippen molar-refractivity contribution in [3.05, 3.63) is 101 Å². The van der Waals surface area contributed by atoms with Gasteiger partial charge in [-0.2, -0.15) is 0 Å². The van der Waals surface area contributed by atoms with Crippen LogP contribution in [0.5, 0.6) is 5.75 Å². The molecule has 2 heterocycles. The van der Waals surface area contributed by atoms with E-state index in [0.29, 0.717) is 21.8 Å². The number of carboxylic acids is 1. The van der Waals surface area contributed by atoms with Gasteiger partial charge in [-0.15, -0.1) is 0 Å². The number of nitrogens with zero attached hydrogens (tertiary/aromatic N) is 3. The predicted molar refractivity (Wildman–Crippen MR) is 157 cm³/mol. The molecular formula is C31H29N3O4S. The van der Waals surface area contributed by atoms with Crippen LogP contribution < -0.4 is 4.74 Å². The van der Waals surface area contributed by atoms with Crippen LogP contribution in [0.4, 0.5) is 5.69 Å². The van der Waals surface area contributed by atoms with Crippen molar-refractivity contribution in [3.8, 4) is 5.75 Å². The first-order valence-corrected chi connectivity index (χ1v) is 13.6. The number of para-hydroxylation sites is 1. The van der Waals surface area contributed by atoms with Crippen LogP contribution in [-0.2, 0) is 11.3 Å². The number of fused-ring (bicyclic) bond motifs is 1. The number of rotatable bonds is 8. The Bertz CT molecular complexity index is 1590. The molecule has 1 aromatic heterocycles. The van der Waals surface area contributed by atoms with Crippen molar-refractivity contribution < 1.29 is 19.4 Å². The number of benzene rings is 3. The van der Waals surface area contributed by atoms with Crippen LogP contribution in [0.25, 0.3) is 17.0 Å². The second-order valence-corrected chi connectivity index (χ2v) is 10.4. The van der Waals surface area contributed by atoms with Crippen molar-refractivity contribution in [1.29, 1.82) is 0 Å². The standard InChI is InChI=1S/C31H29N3O4S/c1-4-20(2)33-19-23(26-7-5-6-8-27(26)33)17-28-29(35)34(18-21-9-11-22(12-10-21)30(36)37)31(39-28)32-24-13-15-25(38-3)16-14-24/h5-17,19-20H,4,18H2,1-3H3,(H,36,37)/b28-17-,32-31?/t20-/m1/s1. The average Bonchev–Trinajstić information content (AvgIpc) is 3.46. The molecule has 1 amide bonds. The molecule has 1 saturated heterocycles. The Morgan fingerprint density at radius 3 is 2.46 bits per heavy atom. The molecule has 3 aromatic carbocycles. The summed E-state index contributed by atoms with van der Waals surface area (Å²) in [5, 5.41) is 10.9. The Hall–Kier alpha value is -4.30. The normalized spacial score (nSPS) is 16.4. The summed E-state index contributed by atoms with van der Waals surface area (Å²) in [5.74, 6) is -0.407. The zero-order chi connectivity index (χ0) is 27.5. The van der Waals surface area contributed by atoms with Gasteiger partial charge >= 0.3 is 5.97 Å². The highest BCUT2D eigenvalue weighted by Crippen LogP contribution is 2.37. The lowest BCUT2D eigenvalue weighted by Crippen LogP contribution is -2.28. The molecule has 1 fully saturated rings. The number of aliphatic imine (C=N–C) groups is 1. The van der Waals surface area contributed by atoms with Gasteiger partial charge in [0.25, 0.3) is 5.91 Å². The summed E-state index contributed by atoms with van der Waals surface area (Å²) in [4.78, 5) is 32.1. The molecule has 0 bridgehead atoms. The first kappa shape index (κ1) is 26.3. The lowest BCUT2D eigenvalue weighted by molar-refractivity contribution is -0.122. The van der Waals surface area contributed by atoms with Gasteiger partial charge in [-0.3, -0.25) is 9.69 Å². The van der Waals surface area contributed by atoms with Gasteiger partial charge in [0.05, 0.1) is 29.8 Å². The Morgan fingerprint density at radius 2 is 1.79 bits per heavy atom. The number of thioether (sulfide) groups is 1. The Morgan fingerprint density at radius 1 is 1.08 bits per heavy atom. The zero-order valence-corrected chi connectivity index (χ0v) is 22.8. The maximum Gasteiger partial charge on any atom is 0.335 e. The van der Waals surface area contributed by atoms with E-state index >= 15 is 0 Å². The molecule has 0 aliphatic carbocycles. The molecular weight excluding hydrogens is 510 g/mol. The van der Waals surface area contributed by atoms with Gasteiger partial charge < -0.3 is 14.4 Å². The SMILES string of the molecule is CC[C@@H](C)n1cc(/C=C2\SC(=Nc3ccc(OC)cc3)N(Cc3ccc(C(=O)O)cc3)C2=O)c2ccccc21. The largest absolute Gasteiger partial charge is 0.497 e. The van der Waals surface area contributed by atoms with Crippen LogP contribution >= 0.6 is 11.8 Å². The monoisotopic (exact) mass is 539 g/mol. The highest BCUT2D eigenvalue weighted by Gasteiger charge is 2.34. The molecule has 0 unspecified atom stereocenters. The predicted octanol–water partition coefficient (Wildman–Crippen LogP) is 7.12. The van der Waals surface area contributed by atoms with Crippen LogP contribution in [0.3, 0.4) is 0 Å². The molecule has 5 rings (SSSR count). The van der Waals surface area contributed by atoms with E-state index in [9.17, 15) is 14.7 Å². The number of ether oxygens (including phenoxy) is 1. The molecule has 0 saturated carbocycles. The van der Waals surface area contributed by atoms with Crippen molar-refractivity contribution >= 4 is 51.5 Å². The Balaban J connectivity index is 1.54. The lowest BCUT2D eigenvalue weighted by Gasteiger charge is -2.16. The highest BCUT2D eigenvalue weighted by molar-refractivity contribution is 8.18. The first-order chi connectivity index (χ1) is 18.9. The number of methoxy groups -OCH3 is 1. The molecule has 4 aromatic rings. The number of amidine groups is 1. The van der Waals surface area contributed by atoms with Gasteiger partial charge in [-0.1, -0.05) is 37.3 Å². The maximum atomic E-state index is 13.8. The van der Waals surface area contributed by atoms with Crippen molar-refractivity contribution in [3.63, 3.8) is 0 Å². The number of hydrogen-bond acceptors (Lipinski definition) is 5. The summed E-state index contributed by atoms with van der Waals surface area (Å²) in [6, 6.07) is 22.5. The number of carbonyl (C=O) groups is 2. The van der Waals surface area contributed by atoms with Gasteiger partial charge in [0, 0.05) is 28.7 Å². The number of carboxylic acid groups (broad SMARTS) is 1. The fourth-order valence-corrected chi connectivity index (χ4v) is 5.47. The number of hydrogen-bond donors (Lipinski definition) is 1. The fourth-order valence-electron chi connectivity index (χ4n) is 4.48. The van der Waals surface area contributed by atoms with Gasteiger partial charge in [-0.25, -0.2) is 9.79 Å². The van der Waals surface area contributed by atoms with Crippen LogP contribution in [-0.4, -0.2) is 38.7 Å². The summed E-state index contributed by atoms with van der Waals surface area (Å²) < 4.78 is 7.52. The topological polar surface area (TPSA) is 84.1 Å². The van der Waals surface area contributed by atoms with Crippen molar-refractivity contribution in [1.82, 2.24) is 9.47 Å². The van der Waals surface area contributed by atoms with E-state index in [1.54, 1.807) is 36.3 Å². The van der Waals surface area contributed by atoms with Gasteiger partial charge in [0.1, 0.15) is 5.75 Å². The summed E-state index contributed by atoms with van der Waals surface area (Å²) in [6.07, 6.45) is 5.06. The molecule has 1 aliphatic heterocycles. The van der Waals surface area contributed by atoms with Gasteiger partial charge in [0.15, 0.2) is 5.17 Å². The Kier molecular flexibility index (Phi) is 7.56. The number of aromatic nitrogens is 1. The van der Waals surface area contributed by atoms with Crippen LogP contribution in [0.1, 0.15) is 47.8 Å². The molecule has 1 aliphatic rings. The van der Waals surface area contributed by atoms with E-state index in [0.717, 1.165) is 34.2 Å². The molecule has 1 atom stereocenters. The second kappa shape index (κ2) is 11.2. The minimum atomic E-state index is -0.988. The fraction of sp³-hybridized carbons (Fsp3) is 0.194. The van der Waals surface area contributed by atoms with E-state index in [1.165, 1.54) is 11.8 Å². The number of carbonyl (C=O) groups excluding carboxylic acids is 1. The van der Waals surface area contributed by atoms with Crippen LogP contribution in [0.15, 0.2) is 88.9 Å². The summed E-state index contributed by atoms with van der Waals surface area (Å²) in [6.45, 7) is 4.62. The van der Waals surface area contributed by atoms with E-state index in [2.05, 4.69) is 36.7 Å². The molecule has 7 nitrogen and oxygen atoms in total. The maximum absolute atomic E-state index is 13.8. The molecule has 0 radical (unpaired) electrons. The zero-order valence-electron chi connectivity index (χ0n) is 22.0. The Labute approximate surface area is 231 Å². The second-order valence-electron chi connectivity index (χ2n) is 9.36. The molecule has 198 valence electrons. The van der Waals surface area contributed by atoms with Gasteiger partial charge in [0.2, 0.25) is 0 Å². The summed E-state index contributed by atoms with van der Waals surface area (Å²) >= 11 is 1.34. The van der Waals surface area contributed by atoms with Gasteiger partial charge in [-0.05, 0) is 79.2 Å². The first-order valence-electron chi connectivity index (χ1n) is 12.7. The average molecular weight is 540 g/mol. The summed E-state index contributed by atoms with van der Waals surface area (Å²) in [7, 11) is 1.61. The number of aromatic carboxylic acids is 1. The molecule has 8 heteroatoms. The van der Waals surface area contributed by atoms with Crippen LogP contribution in [0.2, 0.25) is 0 Å². The molecule has 39 heavy (non-hydrogen) atoms. The molecule has 1 N–H and O–H groups in total. The van der Waals surface area contributed by atoms with Crippen LogP contribution in [0, 0.1) is 0 Å². The third-order valence-corrected chi connectivity index (χ3v) is 7.86. The minimum Gasteiger partial charge on any atom is -0.497 e. The van der Waals surface area contributed by atoms with Crippen molar-refractivity contribution in [2.24, 2.45) is 4.99 Å². The third-order valence-electron chi connectivity index (χ3n) is 6.85. The smallest absolute Gasteiger partial charge is 0.335 e. The van der Waals surface area contributed by atoms with Crippen molar-refractivity contribution in [2.75, 3.05) is 7.11 Å². The van der Waals surface area contributed by atoms with E-state index < -0.39 is 5.97 Å². The van der Waals surface area contributed by atoms with Crippen molar-refractivity contribution in [2.45, 2.75) is 32.9 Å². The minimum absolute atomic E-state index is 0.144. The lowest BCUT2D eigenvalue weighted by atomic mass is 10.1. The number of amides is 1. The quantitative estimate of drug-likeness (QED) is 0.241.